The summed E-state index contributed by atoms with van der Waals surface area (Å²) in [4.78, 5) is 26.0. The van der Waals surface area contributed by atoms with E-state index >= 15 is 0 Å². The zero-order valence-electron chi connectivity index (χ0n) is 19.4. The highest BCUT2D eigenvalue weighted by atomic mass is 16.2. The van der Waals surface area contributed by atoms with Crippen molar-refractivity contribution in [2.45, 2.75) is 89.1 Å². The van der Waals surface area contributed by atoms with E-state index < -0.39 is 0 Å². The van der Waals surface area contributed by atoms with Crippen molar-refractivity contribution in [3.63, 3.8) is 0 Å². The second-order valence-electron chi connectivity index (χ2n) is 10.5. The van der Waals surface area contributed by atoms with E-state index in [2.05, 4.69) is 23.2 Å². The number of amides is 1. The summed E-state index contributed by atoms with van der Waals surface area (Å²) in [5, 5.41) is 3.84. The van der Waals surface area contributed by atoms with Gasteiger partial charge in [0.25, 0.3) is 0 Å². The van der Waals surface area contributed by atoms with Crippen LogP contribution in [-0.2, 0) is 4.79 Å². The van der Waals surface area contributed by atoms with E-state index in [0.29, 0.717) is 23.9 Å². The lowest BCUT2D eigenvalue weighted by molar-refractivity contribution is -0.129. The number of nitrogens with zero attached hydrogens (tertiary/aromatic N) is 4. The molecule has 1 amide bonds. The van der Waals surface area contributed by atoms with Gasteiger partial charge in [0.05, 0.1) is 0 Å². The van der Waals surface area contributed by atoms with Crippen LogP contribution >= 0.6 is 0 Å². The van der Waals surface area contributed by atoms with Crippen LogP contribution < -0.4 is 5.32 Å². The van der Waals surface area contributed by atoms with E-state index in [-0.39, 0.29) is 5.91 Å². The minimum atomic E-state index is 0.219. The molecule has 0 aromatic carbocycles. The number of aryl methyl sites for hydroxylation is 1. The molecule has 1 aromatic heterocycles. The molecule has 0 spiro atoms. The zero-order chi connectivity index (χ0) is 21.4. The Morgan fingerprint density at radius 1 is 1.06 bits per heavy atom. The van der Waals surface area contributed by atoms with Crippen LogP contribution in [0.15, 0.2) is 6.07 Å². The minimum Gasteiger partial charge on any atom is -0.343 e. The second-order valence-corrected chi connectivity index (χ2v) is 10.5. The summed E-state index contributed by atoms with van der Waals surface area (Å²) < 4.78 is 0. The number of nitrogens with one attached hydrogen (secondary N) is 1. The molecule has 5 fully saturated rings. The molecule has 4 atom stereocenters. The van der Waals surface area contributed by atoms with Crippen LogP contribution in [0.4, 0.5) is 0 Å². The van der Waals surface area contributed by atoms with Crippen molar-refractivity contribution in [2.75, 3.05) is 32.7 Å². The summed E-state index contributed by atoms with van der Waals surface area (Å²) in [5.41, 5.74) is 2.62. The quantitative estimate of drug-likeness (QED) is 0.785. The maximum Gasteiger partial charge on any atom is 0.219 e. The van der Waals surface area contributed by atoms with Crippen molar-refractivity contribution >= 4 is 5.91 Å². The number of carbonyl (C=O) groups is 1. The minimum absolute atomic E-state index is 0.219. The number of hydrogen-bond acceptors (Lipinski definition) is 5. The van der Waals surface area contributed by atoms with Gasteiger partial charge >= 0.3 is 0 Å². The number of rotatable bonds is 5. The first-order chi connectivity index (χ1) is 15.1. The highest BCUT2D eigenvalue weighted by Gasteiger charge is 2.41. The Labute approximate surface area is 187 Å². The normalized spacial score (nSPS) is 32.0. The molecule has 0 radical (unpaired) electrons. The van der Waals surface area contributed by atoms with E-state index in [4.69, 9.17) is 9.97 Å². The van der Waals surface area contributed by atoms with Gasteiger partial charge in [0.15, 0.2) is 0 Å². The van der Waals surface area contributed by atoms with E-state index in [0.717, 1.165) is 50.8 Å². The average Bonchev–Trinajstić information content (AvgIpc) is 3.33. The standard InChI is InChI=1S/C25H39N5O/c1-17-27-24(19-5-3-4-6-19)14-25(28-17)23-16-30-10-7-20(23)13-22(30)15-26-21-8-11-29(12-9-21)18(2)31/h14,19-23,26H,3-13,15-16H2,1-2H3/t20-,22+,23-/m0/s1. The Morgan fingerprint density at radius 2 is 1.81 bits per heavy atom. The molecule has 1 N–H and O–H groups in total. The predicted octanol–water partition coefficient (Wildman–Crippen LogP) is 3.22. The molecule has 6 heteroatoms. The van der Waals surface area contributed by atoms with Crippen molar-refractivity contribution in [1.82, 2.24) is 25.1 Å². The molecule has 4 saturated heterocycles. The number of piperidine rings is 4. The van der Waals surface area contributed by atoms with Crippen LogP contribution in [0.3, 0.4) is 0 Å². The zero-order valence-corrected chi connectivity index (χ0v) is 19.4. The fraction of sp³-hybridized carbons (Fsp3) is 0.800. The molecule has 6 nitrogen and oxygen atoms in total. The molecule has 5 heterocycles. The van der Waals surface area contributed by atoms with Gasteiger partial charge in [0.2, 0.25) is 5.91 Å². The third-order valence-corrected chi connectivity index (χ3v) is 8.49. The lowest BCUT2D eigenvalue weighted by Crippen LogP contribution is -2.57. The van der Waals surface area contributed by atoms with E-state index in [1.807, 2.05) is 4.90 Å². The molecular weight excluding hydrogens is 386 g/mol. The summed E-state index contributed by atoms with van der Waals surface area (Å²) in [6.45, 7) is 9.05. The molecule has 1 aromatic rings. The first-order valence-electron chi connectivity index (χ1n) is 12.6. The van der Waals surface area contributed by atoms with Crippen LogP contribution in [0.2, 0.25) is 0 Å². The molecule has 5 aliphatic rings. The Hall–Kier alpha value is -1.53. The molecular formula is C25H39N5O. The highest BCUT2D eigenvalue weighted by molar-refractivity contribution is 5.73. The Morgan fingerprint density at radius 3 is 2.48 bits per heavy atom. The average molecular weight is 426 g/mol. The van der Waals surface area contributed by atoms with E-state index in [1.165, 1.54) is 56.5 Å². The molecule has 1 saturated carbocycles. The monoisotopic (exact) mass is 425 g/mol. The third-order valence-electron chi connectivity index (χ3n) is 8.49. The number of likely N-dealkylation sites (tertiary alicyclic amines) is 1. The first kappa shape index (κ1) is 21.3. The van der Waals surface area contributed by atoms with Gasteiger partial charge in [-0.05, 0) is 64.0 Å². The van der Waals surface area contributed by atoms with Gasteiger partial charge in [0, 0.05) is 68.4 Å². The maximum atomic E-state index is 11.6. The molecule has 4 aliphatic heterocycles. The van der Waals surface area contributed by atoms with Crippen molar-refractivity contribution in [1.29, 1.82) is 0 Å². The highest BCUT2D eigenvalue weighted by Crippen LogP contribution is 2.42. The number of fused-ring (bicyclic) bond motifs is 3. The molecule has 31 heavy (non-hydrogen) atoms. The third kappa shape index (κ3) is 4.65. The van der Waals surface area contributed by atoms with Gasteiger partial charge in [0.1, 0.15) is 5.82 Å². The van der Waals surface area contributed by atoms with Crippen LogP contribution in [0.25, 0.3) is 0 Å². The fourth-order valence-corrected chi connectivity index (χ4v) is 6.62. The summed E-state index contributed by atoms with van der Waals surface area (Å²) in [6.07, 6.45) is 10.1. The SMILES string of the molecule is CC(=O)N1CCC(NC[C@H]2C[C@@H]3CCN2C[C@@H]3c2cc(C3CCCC3)nc(C)n2)CC1. The first-order valence-corrected chi connectivity index (χ1v) is 12.6. The molecule has 6 rings (SSSR count). The summed E-state index contributed by atoms with van der Waals surface area (Å²) in [7, 11) is 0. The van der Waals surface area contributed by atoms with E-state index in [9.17, 15) is 4.79 Å². The van der Waals surface area contributed by atoms with Crippen molar-refractivity contribution in [3.8, 4) is 0 Å². The summed E-state index contributed by atoms with van der Waals surface area (Å²) >= 11 is 0. The van der Waals surface area contributed by atoms with Crippen LogP contribution in [-0.4, -0.2) is 70.5 Å². The Balaban J connectivity index is 1.18. The predicted molar refractivity (Wildman–Crippen MR) is 122 cm³/mol. The maximum absolute atomic E-state index is 11.6. The second kappa shape index (κ2) is 9.14. The van der Waals surface area contributed by atoms with Gasteiger partial charge in [-0.2, -0.15) is 0 Å². The van der Waals surface area contributed by atoms with Gasteiger partial charge in [-0.1, -0.05) is 12.8 Å². The van der Waals surface area contributed by atoms with Crippen LogP contribution in [0, 0.1) is 12.8 Å². The van der Waals surface area contributed by atoms with Crippen LogP contribution in [0.5, 0.6) is 0 Å². The van der Waals surface area contributed by atoms with Gasteiger partial charge in [-0.15, -0.1) is 0 Å². The molecule has 1 aliphatic carbocycles. The summed E-state index contributed by atoms with van der Waals surface area (Å²) in [5.74, 6) is 3.17. The van der Waals surface area contributed by atoms with Crippen molar-refractivity contribution in [3.05, 3.63) is 23.3 Å². The van der Waals surface area contributed by atoms with Gasteiger partial charge < -0.3 is 10.2 Å². The molecule has 2 bridgehead atoms. The topological polar surface area (TPSA) is 61.4 Å². The molecule has 170 valence electrons. The largest absolute Gasteiger partial charge is 0.343 e. The summed E-state index contributed by atoms with van der Waals surface area (Å²) in [6, 6.07) is 3.58. The van der Waals surface area contributed by atoms with Gasteiger partial charge in [-0.25, -0.2) is 9.97 Å². The number of aromatic nitrogens is 2. The van der Waals surface area contributed by atoms with Crippen molar-refractivity contribution in [2.24, 2.45) is 5.92 Å². The fourth-order valence-electron chi connectivity index (χ4n) is 6.62. The Kier molecular flexibility index (Phi) is 6.29. The Bertz CT molecular complexity index is 784. The van der Waals surface area contributed by atoms with Gasteiger partial charge in [-0.3, -0.25) is 9.69 Å². The van der Waals surface area contributed by atoms with Crippen molar-refractivity contribution < 1.29 is 4.79 Å². The number of carbonyl (C=O) groups excluding carboxylic acids is 1. The lowest BCUT2D eigenvalue weighted by Gasteiger charge is -2.50. The smallest absolute Gasteiger partial charge is 0.219 e. The lowest BCUT2D eigenvalue weighted by atomic mass is 9.74. The van der Waals surface area contributed by atoms with E-state index in [1.54, 1.807) is 6.92 Å². The van der Waals surface area contributed by atoms with Crippen LogP contribution in [0.1, 0.15) is 87.3 Å². The molecule has 1 unspecified atom stereocenters. The number of hydrogen-bond donors (Lipinski definition) is 1.